The number of H-pyrrole nitrogens is 1. The monoisotopic (exact) mass is 399 g/mol. The fourth-order valence-corrected chi connectivity index (χ4v) is 3.70. The molecule has 142 valence electrons. The van der Waals surface area contributed by atoms with Crippen molar-refractivity contribution in [3.63, 3.8) is 0 Å². The van der Waals surface area contributed by atoms with Crippen molar-refractivity contribution in [1.82, 2.24) is 30.2 Å². The van der Waals surface area contributed by atoms with Crippen molar-refractivity contribution in [2.45, 2.75) is 4.90 Å². The minimum absolute atomic E-state index is 0.0287. The average molecular weight is 399 g/mol. The second-order valence-electron chi connectivity index (χ2n) is 5.66. The predicted molar refractivity (Wildman–Crippen MR) is 98.9 cm³/mol. The van der Waals surface area contributed by atoms with Gasteiger partial charge in [0.05, 0.1) is 29.2 Å². The number of nitrogens with zero attached hydrogens (tertiary/aromatic N) is 5. The van der Waals surface area contributed by atoms with Crippen LogP contribution in [-0.2, 0) is 10.0 Å². The van der Waals surface area contributed by atoms with Gasteiger partial charge in [0.2, 0.25) is 0 Å². The van der Waals surface area contributed by atoms with Crippen LogP contribution in [-0.4, -0.2) is 45.7 Å². The Bertz CT molecular complexity index is 1320. The van der Waals surface area contributed by atoms with Crippen LogP contribution in [0.2, 0.25) is 0 Å². The Labute approximate surface area is 158 Å². The molecule has 4 rings (SSSR count). The summed E-state index contributed by atoms with van der Waals surface area (Å²) in [5, 5.41) is 11.1. The molecule has 0 unspecified atom stereocenters. The van der Waals surface area contributed by atoms with E-state index >= 15 is 0 Å². The first-order chi connectivity index (χ1) is 13.5. The molecule has 2 aromatic carbocycles. The molecule has 28 heavy (non-hydrogen) atoms. The summed E-state index contributed by atoms with van der Waals surface area (Å²) >= 11 is 0. The van der Waals surface area contributed by atoms with E-state index in [0.29, 0.717) is 17.0 Å². The minimum Gasteiger partial charge on any atom is -0.494 e. The molecule has 4 aromatic rings. The molecule has 0 radical (unpaired) electrons. The molecule has 0 saturated heterocycles. The number of rotatable bonds is 5. The maximum atomic E-state index is 12.8. The number of hydrogen-bond donors (Lipinski definition) is 2. The second-order valence-corrected chi connectivity index (χ2v) is 7.34. The van der Waals surface area contributed by atoms with Crippen molar-refractivity contribution >= 4 is 26.6 Å². The molecule has 0 fully saturated rings. The van der Waals surface area contributed by atoms with Crippen molar-refractivity contribution in [2.75, 3.05) is 11.8 Å². The number of fused-ring (bicyclic) bond motifs is 1. The van der Waals surface area contributed by atoms with E-state index in [1.165, 1.54) is 54.8 Å². The van der Waals surface area contributed by atoms with Gasteiger partial charge in [0.1, 0.15) is 17.8 Å². The normalized spacial score (nSPS) is 11.5. The molecule has 2 heterocycles. The molecule has 2 N–H and O–H groups in total. The zero-order valence-corrected chi connectivity index (χ0v) is 15.2. The molecule has 0 aliphatic heterocycles. The van der Waals surface area contributed by atoms with E-state index in [2.05, 4.69) is 30.2 Å². The molecule has 0 amide bonds. The molecule has 12 heteroatoms. The second kappa shape index (κ2) is 6.74. The first-order valence-corrected chi connectivity index (χ1v) is 9.38. The number of nitrogens with one attached hydrogen (secondary N) is 2. The quantitative estimate of drug-likeness (QED) is 0.499. The van der Waals surface area contributed by atoms with Crippen LogP contribution in [0.4, 0.5) is 5.69 Å². The summed E-state index contributed by atoms with van der Waals surface area (Å²) in [6.45, 7) is 0. The highest BCUT2D eigenvalue weighted by Crippen LogP contribution is 2.26. The standard InChI is InChI=1S/C16H13N7O4S/c1-27-15-5-3-11(7-14(15)23-9-19-21-22-23)28(25,26)20-10-2-4-13-12(6-10)16(24)18-8-17-13/h2-9,20H,1H3,(H,17,18,24). The molecule has 11 nitrogen and oxygen atoms in total. The highest BCUT2D eigenvalue weighted by Gasteiger charge is 2.18. The topological polar surface area (TPSA) is 145 Å². The van der Waals surface area contributed by atoms with Gasteiger partial charge >= 0.3 is 0 Å². The molecular formula is C16H13N7O4S. The molecule has 0 bridgehead atoms. The average Bonchev–Trinajstić information content (AvgIpc) is 3.22. The molecule has 0 atom stereocenters. The Morgan fingerprint density at radius 2 is 2.04 bits per heavy atom. The molecule has 2 aromatic heterocycles. The summed E-state index contributed by atoms with van der Waals surface area (Å²) in [5.74, 6) is 0.398. The number of hydrogen-bond acceptors (Lipinski definition) is 8. The van der Waals surface area contributed by atoms with Crippen LogP contribution in [0.25, 0.3) is 16.6 Å². The van der Waals surface area contributed by atoms with Gasteiger partial charge in [-0.25, -0.2) is 13.4 Å². The van der Waals surface area contributed by atoms with E-state index in [1.807, 2.05) is 0 Å². The lowest BCUT2D eigenvalue weighted by Gasteiger charge is -2.12. The summed E-state index contributed by atoms with van der Waals surface area (Å²) in [4.78, 5) is 18.4. The Kier molecular flexibility index (Phi) is 4.24. The van der Waals surface area contributed by atoms with Gasteiger partial charge in [-0.2, -0.15) is 4.68 Å². The number of methoxy groups -OCH3 is 1. The fraction of sp³-hybridized carbons (Fsp3) is 0.0625. The van der Waals surface area contributed by atoms with Crippen LogP contribution < -0.4 is 15.0 Å². The lowest BCUT2D eigenvalue weighted by atomic mass is 10.2. The molecule has 0 saturated carbocycles. The predicted octanol–water partition coefficient (Wildman–Crippen LogP) is 0.708. The minimum atomic E-state index is -3.95. The number of tetrazole rings is 1. The van der Waals surface area contributed by atoms with E-state index in [1.54, 1.807) is 6.07 Å². The Balaban J connectivity index is 1.74. The van der Waals surface area contributed by atoms with Gasteiger partial charge in [-0.1, -0.05) is 0 Å². The SMILES string of the molecule is COc1ccc(S(=O)(=O)Nc2ccc3nc[nH]c(=O)c3c2)cc1-n1cnnn1. The third kappa shape index (κ3) is 3.16. The van der Waals surface area contributed by atoms with Crippen LogP contribution in [0.5, 0.6) is 5.75 Å². The lowest BCUT2D eigenvalue weighted by Crippen LogP contribution is -2.14. The third-order valence-electron chi connectivity index (χ3n) is 3.95. The van der Waals surface area contributed by atoms with Crippen molar-refractivity contribution in [1.29, 1.82) is 0 Å². The Hall–Kier alpha value is -3.80. The highest BCUT2D eigenvalue weighted by atomic mass is 32.2. The number of sulfonamides is 1. The summed E-state index contributed by atoms with van der Waals surface area (Å²) in [6, 6.07) is 8.78. The van der Waals surface area contributed by atoms with Gasteiger partial charge in [-0.3, -0.25) is 9.52 Å². The van der Waals surface area contributed by atoms with E-state index in [4.69, 9.17) is 4.74 Å². The van der Waals surface area contributed by atoms with E-state index in [9.17, 15) is 13.2 Å². The first-order valence-electron chi connectivity index (χ1n) is 7.89. The Morgan fingerprint density at radius 3 is 2.79 bits per heavy atom. The van der Waals surface area contributed by atoms with Gasteiger partial charge < -0.3 is 9.72 Å². The van der Waals surface area contributed by atoms with Crippen molar-refractivity contribution in [2.24, 2.45) is 0 Å². The molecule has 0 aliphatic carbocycles. The van der Waals surface area contributed by atoms with Crippen LogP contribution >= 0.6 is 0 Å². The number of benzene rings is 2. The molecule has 0 aliphatic rings. The Morgan fingerprint density at radius 1 is 1.18 bits per heavy atom. The van der Waals surface area contributed by atoms with E-state index < -0.39 is 10.0 Å². The van der Waals surface area contributed by atoms with Crippen LogP contribution in [0.3, 0.4) is 0 Å². The number of ether oxygens (including phenoxy) is 1. The summed E-state index contributed by atoms with van der Waals surface area (Å²) in [7, 11) is -2.50. The van der Waals surface area contributed by atoms with E-state index in [-0.39, 0.29) is 21.5 Å². The van der Waals surface area contributed by atoms with E-state index in [0.717, 1.165) is 0 Å². The van der Waals surface area contributed by atoms with Crippen LogP contribution in [0.1, 0.15) is 0 Å². The molecular weight excluding hydrogens is 386 g/mol. The zero-order valence-electron chi connectivity index (χ0n) is 14.4. The smallest absolute Gasteiger partial charge is 0.261 e. The summed E-state index contributed by atoms with van der Waals surface area (Å²) < 4.78 is 34.6. The van der Waals surface area contributed by atoms with Crippen molar-refractivity contribution in [3.8, 4) is 11.4 Å². The first kappa shape index (κ1) is 17.6. The van der Waals surface area contributed by atoms with Gasteiger partial charge in [0.15, 0.2) is 0 Å². The van der Waals surface area contributed by atoms with Crippen molar-refractivity contribution < 1.29 is 13.2 Å². The maximum absolute atomic E-state index is 12.8. The third-order valence-corrected chi connectivity index (χ3v) is 5.33. The maximum Gasteiger partial charge on any atom is 0.261 e. The lowest BCUT2D eigenvalue weighted by molar-refractivity contribution is 0.411. The number of anilines is 1. The van der Waals surface area contributed by atoms with Gasteiger partial charge in [-0.05, 0) is 46.8 Å². The van der Waals surface area contributed by atoms with Gasteiger partial charge in [0.25, 0.3) is 15.6 Å². The van der Waals surface area contributed by atoms with Gasteiger partial charge in [0, 0.05) is 5.69 Å². The highest BCUT2D eigenvalue weighted by molar-refractivity contribution is 7.92. The number of aromatic nitrogens is 6. The van der Waals surface area contributed by atoms with Crippen LogP contribution in [0.15, 0.2) is 58.7 Å². The summed E-state index contributed by atoms with van der Waals surface area (Å²) in [5.41, 5.74) is 0.675. The largest absolute Gasteiger partial charge is 0.494 e. The fourth-order valence-electron chi connectivity index (χ4n) is 2.63. The van der Waals surface area contributed by atoms with Crippen LogP contribution in [0, 0.1) is 0 Å². The van der Waals surface area contributed by atoms with Gasteiger partial charge in [-0.15, -0.1) is 5.10 Å². The number of aromatic amines is 1. The van der Waals surface area contributed by atoms with Crippen molar-refractivity contribution in [3.05, 3.63) is 59.4 Å². The summed E-state index contributed by atoms with van der Waals surface area (Å²) in [6.07, 6.45) is 2.61. The zero-order chi connectivity index (χ0) is 19.7. The molecule has 0 spiro atoms.